The molecule has 1 rings (SSSR count). The van der Waals surface area contributed by atoms with E-state index in [1.165, 1.54) is 0 Å². The summed E-state index contributed by atoms with van der Waals surface area (Å²) in [7, 11) is 0. The number of carbonyl (C=O) groups is 1. The van der Waals surface area contributed by atoms with Crippen molar-refractivity contribution < 1.29 is 9.53 Å². The molecule has 0 aromatic carbocycles. The Morgan fingerprint density at radius 3 is 2.65 bits per heavy atom. The molecule has 0 atom stereocenters. The van der Waals surface area contributed by atoms with Gasteiger partial charge in [0.2, 0.25) is 5.91 Å². The Balaban J connectivity index is 2.50. The molecule has 0 aliphatic carbocycles. The molecule has 0 saturated carbocycles. The highest BCUT2D eigenvalue weighted by Gasteiger charge is 2.32. The van der Waals surface area contributed by atoms with E-state index in [9.17, 15) is 4.79 Å². The first-order valence-electron chi connectivity index (χ1n) is 5.59. The predicted molar refractivity (Wildman–Crippen MR) is 67.9 cm³/mol. The zero-order valence-corrected chi connectivity index (χ0v) is 11.1. The fraction of sp³-hybridized carbons (Fsp3) is 0.727. The number of hydrogen-bond donors (Lipinski definition) is 2. The topological polar surface area (TPSA) is 74.5 Å². The maximum atomic E-state index is 11.9. The monoisotopic (exact) mass is 257 g/mol. The lowest BCUT2D eigenvalue weighted by Gasteiger charge is -2.30. The summed E-state index contributed by atoms with van der Waals surface area (Å²) in [5, 5.41) is 6.05. The second kappa shape index (κ2) is 6.16. The van der Waals surface area contributed by atoms with Crippen LogP contribution in [0.25, 0.3) is 0 Å². The molecule has 2 N–H and O–H groups in total. The third-order valence-corrected chi connectivity index (χ3v) is 4.15. The van der Waals surface area contributed by atoms with Crippen molar-refractivity contribution >= 4 is 17.7 Å². The van der Waals surface area contributed by atoms with E-state index in [2.05, 4.69) is 17.0 Å². The third kappa shape index (κ3) is 4.47. The van der Waals surface area contributed by atoms with E-state index in [0.717, 1.165) is 26.1 Å². The van der Waals surface area contributed by atoms with Crippen LogP contribution in [-0.4, -0.2) is 29.1 Å². The highest BCUT2D eigenvalue weighted by Crippen LogP contribution is 2.34. The Labute approximate surface area is 106 Å². The van der Waals surface area contributed by atoms with Crippen LogP contribution in [-0.2, 0) is 9.53 Å². The van der Waals surface area contributed by atoms with Gasteiger partial charge >= 0.3 is 0 Å². The highest BCUT2D eigenvalue weighted by atomic mass is 32.2. The second-order valence-electron chi connectivity index (χ2n) is 4.45. The van der Waals surface area contributed by atoms with Crippen molar-refractivity contribution in [2.45, 2.75) is 36.7 Å². The SMILES string of the molecule is C=C(N=N)NC(=O)C(C)(C)SC1CCOCC1. The summed E-state index contributed by atoms with van der Waals surface area (Å²) < 4.78 is 4.74. The van der Waals surface area contributed by atoms with Crippen molar-refractivity contribution in [3.05, 3.63) is 12.4 Å². The van der Waals surface area contributed by atoms with E-state index in [4.69, 9.17) is 10.3 Å². The van der Waals surface area contributed by atoms with Gasteiger partial charge < -0.3 is 10.1 Å². The number of amides is 1. The fourth-order valence-corrected chi connectivity index (χ4v) is 2.99. The number of nitrogens with zero attached hydrogens (tertiary/aromatic N) is 1. The average Bonchev–Trinajstić information content (AvgIpc) is 2.29. The van der Waals surface area contributed by atoms with Gasteiger partial charge in [-0.05, 0) is 26.7 Å². The fourth-order valence-electron chi connectivity index (χ4n) is 1.57. The van der Waals surface area contributed by atoms with Crippen molar-refractivity contribution in [1.82, 2.24) is 5.32 Å². The van der Waals surface area contributed by atoms with Crippen LogP contribution in [0.15, 0.2) is 17.5 Å². The van der Waals surface area contributed by atoms with E-state index in [1.807, 2.05) is 13.8 Å². The lowest BCUT2D eigenvalue weighted by molar-refractivity contribution is -0.122. The summed E-state index contributed by atoms with van der Waals surface area (Å²) in [6, 6.07) is 0. The molecule has 96 valence electrons. The third-order valence-electron chi connectivity index (χ3n) is 2.57. The maximum absolute atomic E-state index is 11.9. The molecular weight excluding hydrogens is 238 g/mol. The molecule has 5 nitrogen and oxygen atoms in total. The van der Waals surface area contributed by atoms with Crippen molar-refractivity contribution in [3.8, 4) is 0 Å². The van der Waals surface area contributed by atoms with Crippen LogP contribution in [0, 0.1) is 5.53 Å². The van der Waals surface area contributed by atoms with Gasteiger partial charge in [0.05, 0.1) is 4.75 Å². The maximum Gasteiger partial charge on any atom is 0.241 e. The second-order valence-corrected chi connectivity index (χ2v) is 6.38. The van der Waals surface area contributed by atoms with Crippen molar-refractivity contribution in [2.75, 3.05) is 13.2 Å². The minimum absolute atomic E-state index is 0.0793. The molecule has 17 heavy (non-hydrogen) atoms. The molecule has 1 amide bonds. The summed E-state index contributed by atoms with van der Waals surface area (Å²) >= 11 is 1.65. The van der Waals surface area contributed by atoms with Gasteiger partial charge in [-0.15, -0.1) is 16.9 Å². The number of nitrogens with one attached hydrogen (secondary N) is 2. The van der Waals surface area contributed by atoms with Gasteiger partial charge in [-0.25, -0.2) is 5.53 Å². The van der Waals surface area contributed by atoms with Gasteiger partial charge in [-0.2, -0.15) is 0 Å². The lowest BCUT2D eigenvalue weighted by Crippen LogP contribution is -2.40. The minimum atomic E-state index is -0.546. The predicted octanol–water partition coefficient (Wildman–Crippen LogP) is 2.30. The van der Waals surface area contributed by atoms with Crippen LogP contribution in [0.4, 0.5) is 0 Å². The van der Waals surface area contributed by atoms with E-state index in [-0.39, 0.29) is 11.7 Å². The molecule has 1 heterocycles. The zero-order chi connectivity index (χ0) is 12.9. The van der Waals surface area contributed by atoms with E-state index >= 15 is 0 Å². The average molecular weight is 257 g/mol. The van der Waals surface area contributed by atoms with Gasteiger partial charge in [0.25, 0.3) is 0 Å². The number of hydrogen-bond acceptors (Lipinski definition) is 5. The van der Waals surface area contributed by atoms with Crippen LogP contribution in [0.2, 0.25) is 0 Å². The standard InChI is InChI=1S/C11H19N3O2S/c1-8(14-12)13-10(15)11(2,3)17-9-4-6-16-7-5-9/h9,12H,1,4-7H2,2-3H3,(H,13,15). The molecule has 0 radical (unpaired) electrons. The molecule has 0 spiro atoms. The number of carbonyl (C=O) groups excluding carboxylic acids is 1. The highest BCUT2D eigenvalue weighted by molar-refractivity contribution is 8.01. The summed E-state index contributed by atoms with van der Waals surface area (Å²) in [5.74, 6) is -0.0781. The molecule has 0 aromatic rings. The number of rotatable bonds is 5. The molecular formula is C11H19N3O2S. The van der Waals surface area contributed by atoms with Crippen LogP contribution in [0.5, 0.6) is 0 Å². The van der Waals surface area contributed by atoms with Gasteiger partial charge in [0.1, 0.15) is 5.82 Å². The number of ether oxygens (including phenoxy) is 1. The molecule has 6 heteroatoms. The van der Waals surface area contributed by atoms with Gasteiger partial charge in [0.15, 0.2) is 0 Å². The summed E-state index contributed by atoms with van der Waals surface area (Å²) in [4.78, 5) is 11.9. The molecule has 0 bridgehead atoms. The summed E-state index contributed by atoms with van der Waals surface area (Å²) in [6.45, 7) is 8.74. The molecule has 1 aliphatic heterocycles. The molecule has 0 aromatic heterocycles. The molecule has 1 fully saturated rings. The van der Waals surface area contributed by atoms with Crippen LogP contribution >= 0.6 is 11.8 Å². The first-order valence-corrected chi connectivity index (χ1v) is 6.47. The van der Waals surface area contributed by atoms with Gasteiger partial charge in [-0.1, -0.05) is 6.58 Å². The molecule has 0 unspecified atom stereocenters. The quantitative estimate of drug-likeness (QED) is 0.742. The molecule has 1 aliphatic rings. The lowest BCUT2D eigenvalue weighted by atomic mass is 10.2. The van der Waals surface area contributed by atoms with Crippen molar-refractivity contribution in [2.24, 2.45) is 5.11 Å². The van der Waals surface area contributed by atoms with E-state index in [0.29, 0.717) is 5.25 Å². The van der Waals surface area contributed by atoms with E-state index in [1.54, 1.807) is 11.8 Å². The van der Waals surface area contributed by atoms with Crippen LogP contribution < -0.4 is 5.32 Å². The van der Waals surface area contributed by atoms with E-state index < -0.39 is 4.75 Å². The Hall–Kier alpha value is -0.880. The first kappa shape index (κ1) is 14.2. The van der Waals surface area contributed by atoms with Crippen LogP contribution in [0.1, 0.15) is 26.7 Å². The minimum Gasteiger partial charge on any atom is -0.381 e. The van der Waals surface area contributed by atoms with Crippen molar-refractivity contribution in [1.29, 1.82) is 5.53 Å². The van der Waals surface area contributed by atoms with Crippen molar-refractivity contribution in [3.63, 3.8) is 0 Å². The smallest absolute Gasteiger partial charge is 0.241 e. The molecule has 1 saturated heterocycles. The summed E-state index contributed by atoms with van der Waals surface area (Å²) in [6.07, 6.45) is 1.95. The Morgan fingerprint density at radius 1 is 1.53 bits per heavy atom. The Morgan fingerprint density at radius 2 is 2.12 bits per heavy atom. The van der Waals surface area contributed by atoms with Crippen LogP contribution in [0.3, 0.4) is 0 Å². The first-order chi connectivity index (χ1) is 7.95. The number of thioether (sulfide) groups is 1. The Bertz CT molecular complexity index is 312. The van der Waals surface area contributed by atoms with Gasteiger partial charge in [0, 0.05) is 18.5 Å². The summed E-state index contributed by atoms with van der Waals surface area (Å²) in [5.41, 5.74) is 6.75. The van der Waals surface area contributed by atoms with Gasteiger partial charge in [-0.3, -0.25) is 4.79 Å². The Kier molecular flexibility index (Phi) is 5.14. The normalized spacial score (nSPS) is 17.5. The zero-order valence-electron chi connectivity index (χ0n) is 10.3. The largest absolute Gasteiger partial charge is 0.381 e.